The lowest BCUT2D eigenvalue weighted by molar-refractivity contribution is 0.0746. The van der Waals surface area contributed by atoms with Gasteiger partial charge in [0.2, 0.25) is 0 Å². The summed E-state index contributed by atoms with van der Waals surface area (Å²) in [4.78, 5) is 30.6. The van der Waals surface area contributed by atoms with Crippen molar-refractivity contribution in [2.45, 2.75) is 0 Å². The highest BCUT2D eigenvalue weighted by molar-refractivity contribution is 5.97. The number of H-pyrrole nitrogens is 1. The maximum Gasteiger partial charge on any atom is 0.326 e. The highest BCUT2D eigenvalue weighted by Crippen LogP contribution is 2.23. The Balaban J connectivity index is 1.50. The fourth-order valence-corrected chi connectivity index (χ4v) is 3.44. The van der Waals surface area contributed by atoms with Gasteiger partial charge in [0, 0.05) is 38.8 Å². The zero-order valence-corrected chi connectivity index (χ0v) is 14.7. The molecule has 2 heterocycles. The van der Waals surface area contributed by atoms with Crippen LogP contribution in [0.5, 0.6) is 0 Å². The largest absolute Gasteiger partial charge is 0.366 e. The number of aromatic amines is 1. The number of halogens is 2. The van der Waals surface area contributed by atoms with Crippen LogP contribution >= 0.6 is 0 Å². The van der Waals surface area contributed by atoms with E-state index in [2.05, 4.69) is 4.98 Å². The Morgan fingerprint density at radius 2 is 1.81 bits per heavy atom. The third-order valence-corrected chi connectivity index (χ3v) is 4.99. The summed E-state index contributed by atoms with van der Waals surface area (Å²) in [5, 5.41) is 0. The molecule has 0 spiro atoms. The number of carbonyl (C=O) groups excluding carboxylic acids is 1. The molecule has 6 nitrogen and oxygen atoms in total. The topological polar surface area (TPSA) is 61.3 Å². The third-order valence-electron chi connectivity index (χ3n) is 4.99. The Hall–Kier alpha value is -3.16. The van der Waals surface area contributed by atoms with E-state index >= 15 is 0 Å². The SMILES string of the molecule is Cn1c(=O)[nH]c2cc(C(=O)N3CCN(c4cccc(F)c4F)CC3)ccc21. The minimum Gasteiger partial charge on any atom is -0.366 e. The molecule has 8 heteroatoms. The van der Waals surface area contributed by atoms with Crippen molar-refractivity contribution in [2.24, 2.45) is 7.05 Å². The summed E-state index contributed by atoms with van der Waals surface area (Å²) < 4.78 is 28.9. The highest BCUT2D eigenvalue weighted by atomic mass is 19.2. The minimum atomic E-state index is -0.879. The quantitative estimate of drug-likeness (QED) is 0.750. The van der Waals surface area contributed by atoms with Crippen molar-refractivity contribution in [3.05, 3.63) is 64.1 Å². The molecule has 1 aliphatic heterocycles. The molecule has 0 aliphatic carbocycles. The van der Waals surface area contributed by atoms with Crippen molar-refractivity contribution in [1.29, 1.82) is 0 Å². The number of anilines is 1. The first-order valence-electron chi connectivity index (χ1n) is 8.62. The smallest absolute Gasteiger partial charge is 0.326 e. The van der Waals surface area contributed by atoms with Gasteiger partial charge in [-0.1, -0.05) is 6.07 Å². The number of nitrogens with one attached hydrogen (secondary N) is 1. The van der Waals surface area contributed by atoms with Crippen LogP contribution in [0.15, 0.2) is 41.2 Å². The molecule has 0 bridgehead atoms. The van der Waals surface area contributed by atoms with Gasteiger partial charge >= 0.3 is 5.69 Å². The molecule has 1 saturated heterocycles. The second kappa shape index (κ2) is 6.53. The van der Waals surface area contributed by atoms with Gasteiger partial charge in [-0.25, -0.2) is 13.6 Å². The van der Waals surface area contributed by atoms with Crippen LogP contribution in [0.25, 0.3) is 11.0 Å². The number of amides is 1. The first kappa shape index (κ1) is 17.3. The van der Waals surface area contributed by atoms with Gasteiger partial charge < -0.3 is 14.8 Å². The molecule has 0 radical (unpaired) electrons. The lowest BCUT2D eigenvalue weighted by atomic mass is 10.1. The average Bonchev–Trinajstić information content (AvgIpc) is 2.97. The number of carbonyl (C=O) groups is 1. The number of aromatic nitrogens is 2. The Labute approximate surface area is 153 Å². The van der Waals surface area contributed by atoms with E-state index in [0.717, 1.165) is 11.6 Å². The van der Waals surface area contributed by atoms with E-state index in [9.17, 15) is 18.4 Å². The van der Waals surface area contributed by atoms with Gasteiger partial charge in [0.15, 0.2) is 11.6 Å². The van der Waals surface area contributed by atoms with Crippen molar-refractivity contribution in [1.82, 2.24) is 14.5 Å². The van der Waals surface area contributed by atoms with Crippen LogP contribution in [-0.2, 0) is 7.05 Å². The van der Waals surface area contributed by atoms with Gasteiger partial charge in [-0.2, -0.15) is 0 Å². The third kappa shape index (κ3) is 2.97. The molecule has 0 saturated carbocycles. The zero-order valence-electron chi connectivity index (χ0n) is 14.7. The Bertz CT molecular complexity index is 1080. The molecule has 27 heavy (non-hydrogen) atoms. The van der Waals surface area contributed by atoms with Gasteiger partial charge in [0.1, 0.15) is 0 Å². The van der Waals surface area contributed by atoms with E-state index in [0.29, 0.717) is 37.3 Å². The number of hydrogen-bond acceptors (Lipinski definition) is 3. The molecule has 1 amide bonds. The summed E-state index contributed by atoms with van der Waals surface area (Å²) in [5.74, 6) is -1.90. The molecule has 0 unspecified atom stereocenters. The van der Waals surface area contributed by atoms with Gasteiger partial charge in [0.05, 0.1) is 16.7 Å². The fraction of sp³-hybridized carbons (Fsp3) is 0.263. The van der Waals surface area contributed by atoms with Crippen LogP contribution in [0.1, 0.15) is 10.4 Å². The molecule has 0 atom stereocenters. The number of benzene rings is 2. The van der Waals surface area contributed by atoms with Gasteiger partial charge in [-0.15, -0.1) is 0 Å². The van der Waals surface area contributed by atoms with E-state index < -0.39 is 11.6 Å². The van der Waals surface area contributed by atoms with Crippen LogP contribution in [0.2, 0.25) is 0 Å². The van der Waals surface area contributed by atoms with Gasteiger partial charge in [0.25, 0.3) is 5.91 Å². The maximum absolute atomic E-state index is 14.0. The Morgan fingerprint density at radius 1 is 1.07 bits per heavy atom. The summed E-state index contributed by atoms with van der Waals surface area (Å²) in [5.41, 5.74) is 1.79. The van der Waals surface area contributed by atoms with Crippen LogP contribution in [0, 0.1) is 11.6 Å². The first-order valence-corrected chi connectivity index (χ1v) is 8.62. The molecule has 140 valence electrons. The van der Waals surface area contributed by atoms with Crippen molar-refractivity contribution in [2.75, 3.05) is 31.1 Å². The van der Waals surface area contributed by atoms with Crippen LogP contribution in [0.3, 0.4) is 0 Å². The summed E-state index contributed by atoms with van der Waals surface area (Å²) in [6, 6.07) is 9.19. The molecular weight excluding hydrogens is 354 g/mol. The summed E-state index contributed by atoms with van der Waals surface area (Å²) in [6.45, 7) is 1.63. The average molecular weight is 372 g/mol. The molecular formula is C19H18F2N4O2. The number of rotatable bonds is 2. The van der Waals surface area contributed by atoms with Crippen LogP contribution in [-0.4, -0.2) is 46.5 Å². The lowest BCUT2D eigenvalue weighted by Crippen LogP contribution is -2.49. The van der Waals surface area contributed by atoms with Crippen molar-refractivity contribution in [3.63, 3.8) is 0 Å². The number of fused-ring (bicyclic) bond motifs is 1. The number of hydrogen-bond donors (Lipinski definition) is 1. The molecule has 2 aromatic carbocycles. The van der Waals surface area contributed by atoms with E-state index in [1.54, 1.807) is 35.0 Å². The highest BCUT2D eigenvalue weighted by Gasteiger charge is 2.24. The first-order chi connectivity index (χ1) is 13.0. The molecule has 1 fully saturated rings. The number of nitrogens with zero attached hydrogens (tertiary/aromatic N) is 3. The molecule has 1 N–H and O–H groups in total. The van der Waals surface area contributed by atoms with E-state index in [4.69, 9.17) is 0 Å². The van der Waals surface area contributed by atoms with Crippen molar-refractivity contribution in [3.8, 4) is 0 Å². The van der Waals surface area contributed by atoms with Crippen LogP contribution < -0.4 is 10.6 Å². The van der Waals surface area contributed by atoms with Crippen molar-refractivity contribution < 1.29 is 13.6 Å². The second-order valence-corrected chi connectivity index (χ2v) is 6.57. The Morgan fingerprint density at radius 3 is 2.56 bits per heavy atom. The standard InChI is InChI=1S/C19H18F2N4O2/c1-23-15-6-5-12(11-14(15)22-19(23)27)18(26)25-9-7-24(8-10-25)16-4-2-3-13(20)17(16)21/h2-6,11H,7-10H2,1H3,(H,22,27). The van der Waals surface area contributed by atoms with Gasteiger partial charge in [-0.05, 0) is 30.3 Å². The molecule has 1 aliphatic rings. The maximum atomic E-state index is 14.0. The molecule has 3 aromatic rings. The number of piperazine rings is 1. The molecule has 1 aromatic heterocycles. The van der Waals surface area contributed by atoms with Crippen molar-refractivity contribution >= 4 is 22.6 Å². The number of imidazole rings is 1. The van der Waals surface area contributed by atoms with Crippen LogP contribution in [0.4, 0.5) is 14.5 Å². The zero-order chi connectivity index (χ0) is 19.1. The second-order valence-electron chi connectivity index (χ2n) is 6.57. The lowest BCUT2D eigenvalue weighted by Gasteiger charge is -2.36. The number of aryl methyl sites for hydroxylation is 1. The monoisotopic (exact) mass is 372 g/mol. The van der Waals surface area contributed by atoms with E-state index in [1.165, 1.54) is 16.7 Å². The van der Waals surface area contributed by atoms with E-state index in [-0.39, 0.29) is 17.3 Å². The normalized spacial score (nSPS) is 14.8. The van der Waals surface area contributed by atoms with E-state index in [1.807, 2.05) is 0 Å². The minimum absolute atomic E-state index is 0.152. The summed E-state index contributed by atoms with van der Waals surface area (Å²) >= 11 is 0. The molecule has 4 rings (SSSR count). The predicted octanol–water partition coefficient (Wildman–Crippen LogP) is 2.11. The summed E-state index contributed by atoms with van der Waals surface area (Å²) in [7, 11) is 1.66. The predicted molar refractivity (Wildman–Crippen MR) is 98.0 cm³/mol. The van der Waals surface area contributed by atoms with Gasteiger partial charge in [-0.3, -0.25) is 9.36 Å². The summed E-state index contributed by atoms with van der Waals surface area (Å²) in [6.07, 6.45) is 0. The fourth-order valence-electron chi connectivity index (χ4n) is 3.44. The Kier molecular flexibility index (Phi) is 4.18.